The van der Waals surface area contributed by atoms with Crippen molar-refractivity contribution in [3.63, 3.8) is 0 Å². The Kier molecular flexibility index (Phi) is 5.05. The van der Waals surface area contributed by atoms with Crippen LogP contribution in [0.25, 0.3) is 10.9 Å². The maximum absolute atomic E-state index is 13.6. The highest BCUT2D eigenvalue weighted by molar-refractivity contribution is 6.07. The van der Waals surface area contributed by atoms with Crippen LogP contribution in [-0.2, 0) is 16.0 Å². The smallest absolute Gasteiger partial charge is 0.242 e. The fourth-order valence-corrected chi connectivity index (χ4v) is 6.36. The molecule has 0 saturated heterocycles. The number of H-pyrrole nitrogens is 1. The Bertz CT molecular complexity index is 1300. The second-order valence-corrected chi connectivity index (χ2v) is 10.0. The van der Waals surface area contributed by atoms with Crippen molar-refractivity contribution in [1.29, 1.82) is 0 Å². The standard InChI is InChI=1S/C28H29N3O3/c1-15(27(33)30-16-8-2-3-9-16)29-28(34)21-14-20-17-10-6-7-13-22(17)31-25(20)23-18-11-4-5-12-19(18)26(32)24(21)23/h4-7,10-13,15-16,21,23-24,31H,2-3,8-9,14H2,1H3,(H,29,34)(H,30,33)/t15-,21+,23-,24?/m0/s1. The van der Waals surface area contributed by atoms with Crippen LogP contribution in [0.4, 0.5) is 0 Å². The van der Waals surface area contributed by atoms with Crippen LogP contribution < -0.4 is 10.6 Å². The fraction of sp³-hybridized carbons (Fsp3) is 0.393. The molecule has 6 heteroatoms. The maximum atomic E-state index is 13.6. The number of hydrogen-bond acceptors (Lipinski definition) is 3. The van der Waals surface area contributed by atoms with E-state index in [0.29, 0.717) is 12.0 Å². The average Bonchev–Trinajstić information content (AvgIpc) is 3.56. The SMILES string of the molecule is C[C@H](NC(=O)[C@@H]1Cc2c([nH]c3ccccc23)[C@H]2c3ccccc3C(=O)C21)C(=O)NC1CCCC1. The Morgan fingerprint density at radius 3 is 2.59 bits per heavy atom. The zero-order valence-electron chi connectivity index (χ0n) is 19.3. The van der Waals surface area contributed by atoms with Gasteiger partial charge in [0.15, 0.2) is 5.78 Å². The summed E-state index contributed by atoms with van der Waals surface area (Å²) in [6.45, 7) is 1.73. The van der Waals surface area contributed by atoms with Gasteiger partial charge in [-0.05, 0) is 43.4 Å². The Labute approximate surface area is 198 Å². The summed E-state index contributed by atoms with van der Waals surface area (Å²) in [4.78, 5) is 43.4. The number of ketones is 1. The molecule has 1 fully saturated rings. The molecule has 0 spiro atoms. The predicted octanol–water partition coefficient (Wildman–Crippen LogP) is 3.85. The van der Waals surface area contributed by atoms with Crippen molar-refractivity contribution in [3.8, 4) is 0 Å². The summed E-state index contributed by atoms with van der Waals surface area (Å²) in [7, 11) is 0. The highest BCUT2D eigenvalue weighted by atomic mass is 16.2. The van der Waals surface area contributed by atoms with Crippen LogP contribution in [-0.4, -0.2) is 34.7 Å². The number of hydrogen-bond donors (Lipinski definition) is 3. The first kappa shape index (κ1) is 21.1. The minimum Gasteiger partial charge on any atom is -0.358 e. The minimum atomic E-state index is -0.644. The van der Waals surface area contributed by atoms with Gasteiger partial charge in [0.1, 0.15) is 6.04 Å². The van der Waals surface area contributed by atoms with Gasteiger partial charge in [0.2, 0.25) is 11.8 Å². The van der Waals surface area contributed by atoms with E-state index in [9.17, 15) is 14.4 Å². The highest BCUT2D eigenvalue weighted by Crippen LogP contribution is 2.51. The van der Waals surface area contributed by atoms with E-state index in [1.165, 1.54) is 0 Å². The van der Waals surface area contributed by atoms with Crippen LogP contribution in [0.2, 0.25) is 0 Å². The van der Waals surface area contributed by atoms with Gasteiger partial charge >= 0.3 is 0 Å². The molecule has 4 atom stereocenters. The topological polar surface area (TPSA) is 91.1 Å². The van der Waals surface area contributed by atoms with E-state index in [2.05, 4.69) is 21.7 Å². The summed E-state index contributed by atoms with van der Waals surface area (Å²) < 4.78 is 0. The molecule has 174 valence electrons. The van der Waals surface area contributed by atoms with E-state index in [4.69, 9.17) is 0 Å². The van der Waals surface area contributed by atoms with Crippen molar-refractivity contribution in [1.82, 2.24) is 15.6 Å². The summed E-state index contributed by atoms with van der Waals surface area (Å²) in [5.41, 5.74) is 4.85. The molecular formula is C28H29N3O3. The second-order valence-electron chi connectivity index (χ2n) is 10.0. The molecule has 6 nitrogen and oxygen atoms in total. The number of carbonyl (C=O) groups excluding carboxylic acids is 3. The molecule has 1 heterocycles. The summed E-state index contributed by atoms with van der Waals surface area (Å²) in [5, 5.41) is 7.10. The van der Waals surface area contributed by atoms with E-state index < -0.39 is 17.9 Å². The molecule has 0 bridgehead atoms. The van der Waals surface area contributed by atoms with Gasteiger partial charge < -0.3 is 15.6 Å². The van der Waals surface area contributed by atoms with Gasteiger partial charge in [0.05, 0.1) is 5.92 Å². The van der Waals surface area contributed by atoms with Crippen molar-refractivity contribution in [2.24, 2.45) is 11.8 Å². The molecule has 6 rings (SSSR count). The summed E-state index contributed by atoms with van der Waals surface area (Å²) >= 11 is 0. The molecule has 1 unspecified atom stereocenters. The quantitative estimate of drug-likeness (QED) is 0.558. The van der Waals surface area contributed by atoms with Crippen LogP contribution in [0.3, 0.4) is 0 Å². The Balaban J connectivity index is 1.34. The highest BCUT2D eigenvalue weighted by Gasteiger charge is 2.51. The fourth-order valence-electron chi connectivity index (χ4n) is 6.36. The lowest BCUT2D eigenvalue weighted by molar-refractivity contribution is -0.132. The summed E-state index contributed by atoms with van der Waals surface area (Å²) in [6.07, 6.45) is 4.73. The van der Waals surface area contributed by atoms with Crippen LogP contribution in [0.15, 0.2) is 48.5 Å². The Morgan fingerprint density at radius 2 is 1.76 bits per heavy atom. The maximum Gasteiger partial charge on any atom is 0.242 e. The Hall–Kier alpha value is -3.41. The summed E-state index contributed by atoms with van der Waals surface area (Å²) in [5.74, 6) is -1.53. The first-order chi connectivity index (χ1) is 16.5. The number of aromatic nitrogens is 1. The number of para-hydroxylation sites is 1. The van der Waals surface area contributed by atoms with Gasteiger partial charge in [0.25, 0.3) is 0 Å². The van der Waals surface area contributed by atoms with Crippen molar-refractivity contribution >= 4 is 28.5 Å². The third-order valence-corrected chi connectivity index (χ3v) is 8.03. The molecule has 1 aromatic heterocycles. The molecule has 3 aliphatic carbocycles. The van der Waals surface area contributed by atoms with Crippen LogP contribution in [0.5, 0.6) is 0 Å². The lowest BCUT2D eigenvalue weighted by Crippen LogP contribution is -2.51. The van der Waals surface area contributed by atoms with Crippen molar-refractivity contribution in [3.05, 3.63) is 70.9 Å². The lowest BCUT2D eigenvalue weighted by atomic mass is 9.70. The van der Waals surface area contributed by atoms with Crippen molar-refractivity contribution in [2.75, 3.05) is 0 Å². The van der Waals surface area contributed by atoms with Crippen LogP contribution in [0, 0.1) is 11.8 Å². The number of nitrogens with one attached hydrogen (secondary N) is 3. The van der Waals surface area contributed by atoms with Gasteiger partial charge in [0, 0.05) is 40.0 Å². The lowest BCUT2D eigenvalue weighted by Gasteiger charge is -2.33. The predicted molar refractivity (Wildman–Crippen MR) is 130 cm³/mol. The number of rotatable bonds is 4. The van der Waals surface area contributed by atoms with E-state index in [-0.39, 0.29) is 29.6 Å². The summed E-state index contributed by atoms with van der Waals surface area (Å²) in [6, 6.07) is 15.4. The first-order valence-corrected chi connectivity index (χ1v) is 12.4. The zero-order chi connectivity index (χ0) is 23.4. The normalized spacial score (nSPS) is 24.4. The van der Waals surface area contributed by atoms with Gasteiger partial charge in [-0.3, -0.25) is 14.4 Å². The minimum absolute atomic E-state index is 0.0214. The molecule has 1 saturated carbocycles. The molecular weight excluding hydrogens is 426 g/mol. The number of benzene rings is 2. The molecule has 0 aliphatic heterocycles. The van der Waals surface area contributed by atoms with Crippen LogP contribution in [0.1, 0.15) is 65.7 Å². The molecule has 3 aromatic rings. The Morgan fingerprint density at radius 1 is 1.03 bits per heavy atom. The van der Waals surface area contributed by atoms with E-state index in [1.54, 1.807) is 6.92 Å². The number of fused-ring (bicyclic) bond motifs is 7. The third-order valence-electron chi connectivity index (χ3n) is 8.03. The first-order valence-electron chi connectivity index (χ1n) is 12.4. The van der Waals surface area contributed by atoms with Crippen LogP contribution >= 0.6 is 0 Å². The van der Waals surface area contributed by atoms with Gasteiger partial charge in [-0.2, -0.15) is 0 Å². The van der Waals surface area contributed by atoms with Gasteiger partial charge in [-0.15, -0.1) is 0 Å². The largest absolute Gasteiger partial charge is 0.358 e. The number of carbonyl (C=O) groups is 3. The molecule has 2 amide bonds. The van der Waals surface area contributed by atoms with E-state index in [1.807, 2.05) is 42.5 Å². The van der Waals surface area contributed by atoms with Crippen molar-refractivity contribution < 1.29 is 14.4 Å². The number of amides is 2. The third kappa shape index (κ3) is 3.27. The monoisotopic (exact) mass is 455 g/mol. The molecule has 34 heavy (non-hydrogen) atoms. The van der Waals surface area contributed by atoms with Crippen molar-refractivity contribution in [2.45, 2.75) is 57.0 Å². The second kappa shape index (κ2) is 8.12. The molecule has 3 N–H and O–H groups in total. The molecule has 3 aliphatic rings. The van der Waals surface area contributed by atoms with Gasteiger partial charge in [-0.25, -0.2) is 0 Å². The molecule has 2 aromatic carbocycles. The van der Waals surface area contributed by atoms with E-state index in [0.717, 1.165) is 53.4 Å². The average molecular weight is 456 g/mol. The number of Topliss-reactive ketones (excluding diaryl/α,β-unsaturated/α-hetero) is 1. The van der Waals surface area contributed by atoms with Gasteiger partial charge in [-0.1, -0.05) is 55.3 Å². The molecule has 0 radical (unpaired) electrons. The number of aromatic amines is 1. The zero-order valence-corrected chi connectivity index (χ0v) is 19.3. The van der Waals surface area contributed by atoms with E-state index >= 15 is 0 Å².